The van der Waals surface area contributed by atoms with Crippen LogP contribution in [0.15, 0.2) is 30.5 Å². The molecule has 1 aromatic carbocycles. The van der Waals surface area contributed by atoms with Crippen LogP contribution in [0.5, 0.6) is 0 Å². The molecule has 8 nitrogen and oxygen atoms in total. The van der Waals surface area contributed by atoms with Gasteiger partial charge >= 0.3 is 0 Å². The summed E-state index contributed by atoms with van der Waals surface area (Å²) in [6.07, 6.45) is 1.50. The number of carbonyl (C=O) groups is 2. The Kier molecular flexibility index (Phi) is 5.13. The second-order valence-corrected chi connectivity index (χ2v) is 6.24. The number of carbonyl (C=O) groups excluding carboxylic acids is 2. The first-order valence-corrected chi connectivity index (χ1v) is 8.42. The van der Waals surface area contributed by atoms with Crippen LogP contribution in [0.25, 0.3) is 11.3 Å². The number of hydrogen-bond donors (Lipinski definition) is 2. The van der Waals surface area contributed by atoms with Gasteiger partial charge in [0, 0.05) is 44.4 Å². The molecule has 0 atom stereocenters. The predicted octanol–water partition coefficient (Wildman–Crippen LogP) is 0.473. The number of amides is 2. The molecule has 0 saturated carbocycles. The Morgan fingerprint density at radius 3 is 2.62 bits per heavy atom. The van der Waals surface area contributed by atoms with E-state index in [1.807, 2.05) is 18.0 Å². The minimum absolute atomic E-state index is 0.00474. The van der Waals surface area contributed by atoms with Crippen molar-refractivity contribution in [1.82, 2.24) is 25.1 Å². The summed E-state index contributed by atoms with van der Waals surface area (Å²) in [6, 6.07) is 7.19. The van der Waals surface area contributed by atoms with Gasteiger partial charge in [0.05, 0.1) is 11.9 Å². The smallest absolute Gasteiger partial charge is 0.273 e. The van der Waals surface area contributed by atoms with Crippen LogP contribution in [-0.4, -0.2) is 71.9 Å². The number of nitrogens with one attached hydrogen (secondary N) is 1. The van der Waals surface area contributed by atoms with E-state index in [9.17, 15) is 9.59 Å². The van der Waals surface area contributed by atoms with Crippen LogP contribution in [0.4, 0.5) is 5.82 Å². The SMILES string of the molecule is CNC(=O)c1nc(-c2cccc(C(=O)N3CCN(C)CC3)c2)cnc1N. The molecule has 0 radical (unpaired) electrons. The van der Waals surface area contributed by atoms with E-state index in [-0.39, 0.29) is 17.4 Å². The number of benzene rings is 1. The molecule has 1 fully saturated rings. The maximum atomic E-state index is 12.8. The first-order chi connectivity index (χ1) is 12.5. The summed E-state index contributed by atoms with van der Waals surface area (Å²) in [5.74, 6) is -0.339. The lowest BCUT2D eigenvalue weighted by atomic mass is 10.1. The van der Waals surface area contributed by atoms with Gasteiger partial charge in [-0.05, 0) is 19.2 Å². The Labute approximate surface area is 152 Å². The van der Waals surface area contributed by atoms with E-state index < -0.39 is 5.91 Å². The molecule has 2 heterocycles. The molecule has 136 valence electrons. The minimum Gasteiger partial charge on any atom is -0.382 e. The van der Waals surface area contributed by atoms with Crippen molar-refractivity contribution < 1.29 is 9.59 Å². The molecule has 26 heavy (non-hydrogen) atoms. The third kappa shape index (κ3) is 3.65. The zero-order valence-corrected chi connectivity index (χ0v) is 14.9. The fourth-order valence-corrected chi connectivity index (χ4v) is 2.83. The van der Waals surface area contributed by atoms with Gasteiger partial charge in [-0.15, -0.1) is 0 Å². The summed E-state index contributed by atoms with van der Waals surface area (Å²) in [6.45, 7) is 3.15. The van der Waals surface area contributed by atoms with E-state index in [1.165, 1.54) is 13.2 Å². The number of aromatic nitrogens is 2. The van der Waals surface area contributed by atoms with Gasteiger partial charge < -0.3 is 20.9 Å². The summed E-state index contributed by atoms with van der Waals surface area (Å²) >= 11 is 0. The van der Waals surface area contributed by atoms with Crippen LogP contribution in [-0.2, 0) is 0 Å². The molecular formula is C18H22N6O2. The lowest BCUT2D eigenvalue weighted by Gasteiger charge is -2.32. The average Bonchev–Trinajstić information content (AvgIpc) is 2.68. The highest BCUT2D eigenvalue weighted by molar-refractivity contribution is 5.97. The fourth-order valence-electron chi connectivity index (χ4n) is 2.83. The Morgan fingerprint density at radius 2 is 1.92 bits per heavy atom. The Balaban J connectivity index is 1.88. The minimum atomic E-state index is -0.401. The molecule has 1 aliphatic heterocycles. The van der Waals surface area contributed by atoms with E-state index in [1.54, 1.807) is 18.2 Å². The van der Waals surface area contributed by atoms with Crippen molar-refractivity contribution in [3.8, 4) is 11.3 Å². The molecule has 0 aliphatic carbocycles. The number of anilines is 1. The van der Waals surface area contributed by atoms with Crippen LogP contribution in [0.1, 0.15) is 20.8 Å². The normalized spacial score (nSPS) is 14.9. The molecule has 8 heteroatoms. The largest absolute Gasteiger partial charge is 0.382 e. The molecule has 2 aromatic rings. The topological polar surface area (TPSA) is 104 Å². The van der Waals surface area contributed by atoms with Crippen molar-refractivity contribution in [2.45, 2.75) is 0 Å². The van der Waals surface area contributed by atoms with Gasteiger partial charge in [0.15, 0.2) is 11.5 Å². The van der Waals surface area contributed by atoms with Crippen molar-refractivity contribution in [2.75, 3.05) is 46.0 Å². The van der Waals surface area contributed by atoms with Gasteiger partial charge in [-0.3, -0.25) is 9.59 Å². The molecular weight excluding hydrogens is 332 g/mol. The molecule has 0 bridgehead atoms. The van der Waals surface area contributed by atoms with Crippen molar-refractivity contribution in [3.63, 3.8) is 0 Å². The van der Waals surface area contributed by atoms with Gasteiger partial charge in [-0.1, -0.05) is 12.1 Å². The van der Waals surface area contributed by atoms with E-state index in [2.05, 4.69) is 20.2 Å². The van der Waals surface area contributed by atoms with Gasteiger partial charge in [0.2, 0.25) is 0 Å². The first kappa shape index (κ1) is 17.8. The average molecular weight is 354 g/mol. The third-order valence-electron chi connectivity index (χ3n) is 4.44. The van der Waals surface area contributed by atoms with Gasteiger partial charge in [-0.25, -0.2) is 9.97 Å². The second kappa shape index (κ2) is 7.49. The molecule has 1 aliphatic rings. The standard InChI is InChI=1S/C18H22N6O2/c1-20-17(25)15-16(19)21-11-14(22-15)12-4-3-5-13(10-12)18(26)24-8-6-23(2)7-9-24/h3-5,10-11H,6-9H2,1-2H3,(H2,19,21)(H,20,25). The number of hydrogen-bond acceptors (Lipinski definition) is 6. The monoisotopic (exact) mass is 354 g/mol. The maximum Gasteiger partial charge on any atom is 0.273 e. The van der Waals surface area contributed by atoms with E-state index in [0.29, 0.717) is 29.9 Å². The van der Waals surface area contributed by atoms with Crippen molar-refractivity contribution >= 4 is 17.6 Å². The van der Waals surface area contributed by atoms with Crippen LogP contribution < -0.4 is 11.1 Å². The number of rotatable bonds is 3. The summed E-state index contributed by atoms with van der Waals surface area (Å²) < 4.78 is 0. The number of nitrogen functional groups attached to an aromatic ring is 1. The fraction of sp³-hybridized carbons (Fsp3) is 0.333. The lowest BCUT2D eigenvalue weighted by molar-refractivity contribution is 0.0664. The predicted molar refractivity (Wildman–Crippen MR) is 98.7 cm³/mol. The highest BCUT2D eigenvalue weighted by Crippen LogP contribution is 2.21. The number of likely N-dealkylation sites (N-methyl/N-ethyl adjacent to an activating group) is 1. The highest BCUT2D eigenvalue weighted by Gasteiger charge is 2.21. The Bertz CT molecular complexity index is 830. The Morgan fingerprint density at radius 1 is 1.19 bits per heavy atom. The summed E-state index contributed by atoms with van der Waals surface area (Å²) in [5.41, 5.74) is 7.59. The molecule has 0 unspecified atom stereocenters. The van der Waals surface area contributed by atoms with Gasteiger partial charge in [0.25, 0.3) is 11.8 Å². The number of nitrogens with two attached hydrogens (primary N) is 1. The number of nitrogens with zero attached hydrogens (tertiary/aromatic N) is 4. The Hall–Kier alpha value is -3.00. The lowest BCUT2D eigenvalue weighted by Crippen LogP contribution is -2.47. The summed E-state index contributed by atoms with van der Waals surface area (Å²) in [7, 11) is 3.55. The van der Waals surface area contributed by atoms with E-state index >= 15 is 0 Å². The third-order valence-corrected chi connectivity index (χ3v) is 4.44. The van der Waals surface area contributed by atoms with E-state index in [4.69, 9.17) is 5.73 Å². The molecule has 1 aromatic heterocycles. The van der Waals surface area contributed by atoms with Crippen LogP contribution in [0, 0.1) is 0 Å². The molecule has 2 amide bonds. The first-order valence-electron chi connectivity index (χ1n) is 8.42. The molecule has 3 rings (SSSR count). The van der Waals surface area contributed by atoms with E-state index in [0.717, 1.165) is 13.1 Å². The quantitative estimate of drug-likeness (QED) is 0.830. The number of piperazine rings is 1. The second-order valence-electron chi connectivity index (χ2n) is 6.24. The van der Waals surface area contributed by atoms with Gasteiger partial charge in [0.1, 0.15) is 0 Å². The van der Waals surface area contributed by atoms with Gasteiger partial charge in [-0.2, -0.15) is 0 Å². The summed E-state index contributed by atoms with van der Waals surface area (Å²) in [5, 5.41) is 2.49. The van der Waals surface area contributed by atoms with Crippen molar-refractivity contribution in [3.05, 3.63) is 41.7 Å². The van der Waals surface area contributed by atoms with Crippen LogP contribution >= 0.6 is 0 Å². The van der Waals surface area contributed by atoms with Crippen molar-refractivity contribution in [1.29, 1.82) is 0 Å². The molecule has 3 N–H and O–H groups in total. The zero-order chi connectivity index (χ0) is 18.7. The van der Waals surface area contributed by atoms with Crippen LogP contribution in [0.3, 0.4) is 0 Å². The maximum absolute atomic E-state index is 12.8. The molecule has 1 saturated heterocycles. The molecule has 0 spiro atoms. The van der Waals surface area contributed by atoms with Crippen molar-refractivity contribution in [2.24, 2.45) is 0 Å². The zero-order valence-electron chi connectivity index (χ0n) is 14.9. The van der Waals surface area contributed by atoms with Crippen LogP contribution in [0.2, 0.25) is 0 Å². The summed E-state index contributed by atoms with van der Waals surface area (Å²) in [4.78, 5) is 37.0. The highest BCUT2D eigenvalue weighted by atomic mass is 16.2.